The van der Waals surface area contributed by atoms with E-state index >= 15 is 0 Å². The second-order valence-electron chi connectivity index (χ2n) is 4.88. The first-order valence-corrected chi connectivity index (χ1v) is 6.65. The molecule has 20 heavy (non-hydrogen) atoms. The Balaban J connectivity index is 2.26. The van der Waals surface area contributed by atoms with Crippen LogP contribution >= 0.6 is 0 Å². The summed E-state index contributed by atoms with van der Waals surface area (Å²) in [4.78, 5) is 6.40. The van der Waals surface area contributed by atoms with E-state index in [0.29, 0.717) is 0 Å². The Kier molecular flexibility index (Phi) is 4.45. The molecule has 1 atom stereocenters. The van der Waals surface area contributed by atoms with Crippen LogP contribution in [0.5, 0.6) is 5.75 Å². The summed E-state index contributed by atoms with van der Waals surface area (Å²) in [5.41, 5.74) is 2.14. The van der Waals surface area contributed by atoms with E-state index in [1.165, 1.54) is 0 Å². The first-order chi connectivity index (χ1) is 9.63. The molecule has 0 aliphatic heterocycles. The largest absolute Gasteiger partial charge is 0.496 e. The summed E-state index contributed by atoms with van der Waals surface area (Å²) in [6.07, 6.45) is 1.80. The predicted molar refractivity (Wildman–Crippen MR) is 83.6 cm³/mol. The maximum Gasteiger partial charge on any atom is 0.151 e. The van der Waals surface area contributed by atoms with Gasteiger partial charge < -0.3 is 15.0 Å². The van der Waals surface area contributed by atoms with Gasteiger partial charge in [-0.05, 0) is 25.1 Å². The summed E-state index contributed by atoms with van der Waals surface area (Å²) in [6.45, 7) is 2.12. The highest BCUT2D eigenvalue weighted by Crippen LogP contribution is 2.30. The number of nitrogens with one attached hydrogen (secondary N) is 1. The summed E-state index contributed by atoms with van der Waals surface area (Å²) in [6, 6.07) is 12.1. The highest BCUT2D eigenvalue weighted by atomic mass is 16.5. The van der Waals surface area contributed by atoms with Crippen LogP contribution in [0.2, 0.25) is 0 Å². The fraction of sp³-hybridized carbons (Fsp3) is 0.312. The van der Waals surface area contributed by atoms with Crippen LogP contribution in [0, 0.1) is 0 Å². The van der Waals surface area contributed by atoms with E-state index in [2.05, 4.69) is 23.3 Å². The lowest BCUT2D eigenvalue weighted by Gasteiger charge is -2.22. The highest BCUT2D eigenvalue weighted by Gasteiger charge is 2.13. The molecule has 1 heterocycles. The number of para-hydroxylation sites is 1. The van der Waals surface area contributed by atoms with Gasteiger partial charge in [0.05, 0.1) is 18.8 Å². The van der Waals surface area contributed by atoms with Gasteiger partial charge in [0.25, 0.3) is 0 Å². The van der Waals surface area contributed by atoms with Crippen LogP contribution in [-0.2, 0) is 0 Å². The van der Waals surface area contributed by atoms with Crippen molar-refractivity contribution in [3.05, 3.63) is 48.2 Å². The zero-order valence-electron chi connectivity index (χ0n) is 12.4. The molecular formula is C16H21N3O. The first-order valence-electron chi connectivity index (χ1n) is 6.65. The number of rotatable bonds is 5. The zero-order valence-corrected chi connectivity index (χ0v) is 12.4. The molecule has 0 aliphatic rings. The number of anilines is 2. The summed E-state index contributed by atoms with van der Waals surface area (Å²) in [5, 5.41) is 3.50. The minimum Gasteiger partial charge on any atom is -0.496 e. The Labute approximate surface area is 120 Å². The van der Waals surface area contributed by atoms with Crippen LogP contribution in [0.25, 0.3) is 0 Å². The average molecular weight is 271 g/mol. The summed E-state index contributed by atoms with van der Waals surface area (Å²) >= 11 is 0. The quantitative estimate of drug-likeness (QED) is 0.905. The fourth-order valence-electron chi connectivity index (χ4n) is 2.20. The maximum atomic E-state index is 5.42. The van der Waals surface area contributed by atoms with E-state index in [9.17, 15) is 0 Å². The molecule has 0 radical (unpaired) electrons. The van der Waals surface area contributed by atoms with Gasteiger partial charge in [-0.3, -0.25) is 0 Å². The summed E-state index contributed by atoms with van der Waals surface area (Å²) < 4.78 is 5.42. The molecule has 106 valence electrons. The van der Waals surface area contributed by atoms with Crippen molar-refractivity contribution in [3.63, 3.8) is 0 Å². The van der Waals surface area contributed by atoms with Crippen molar-refractivity contribution in [2.24, 2.45) is 0 Å². The van der Waals surface area contributed by atoms with Crippen LogP contribution in [0.1, 0.15) is 18.5 Å². The lowest BCUT2D eigenvalue weighted by Crippen LogP contribution is -2.15. The van der Waals surface area contributed by atoms with Crippen molar-refractivity contribution in [2.75, 3.05) is 31.4 Å². The van der Waals surface area contributed by atoms with Gasteiger partial charge in [0, 0.05) is 25.9 Å². The van der Waals surface area contributed by atoms with Crippen molar-refractivity contribution < 1.29 is 4.74 Å². The molecule has 4 heteroatoms. The minimum absolute atomic E-state index is 0.133. The van der Waals surface area contributed by atoms with Crippen molar-refractivity contribution in [1.29, 1.82) is 0 Å². The number of nitrogens with zero attached hydrogens (tertiary/aromatic N) is 2. The van der Waals surface area contributed by atoms with E-state index in [0.717, 1.165) is 22.8 Å². The molecule has 0 bridgehead atoms. The third-order valence-electron chi connectivity index (χ3n) is 3.19. The molecule has 0 aliphatic carbocycles. The molecule has 0 amide bonds. The summed E-state index contributed by atoms with van der Waals surface area (Å²) in [7, 11) is 5.67. The molecule has 1 unspecified atom stereocenters. The molecule has 2 aromatic rings. The molecule has 0 fully saturated rings. The van der Waals surface area contributed by atoms with Crippen LogP contribution in [0.3, 0.4) is 0 Å². The molecule has 1 N–H and O–H groups in total. The Morgan fingerprint density at radius 1 is 1.15 bits per heavy atom. The van der Waals surface area contributed by atoms with Crippen molar-refractivity contribution in [2.45, 2.75) is 13.0 Å². The molecule has 0 spiro atoms. The highest BCUT2D eigenvalue weighted by molar-refractivity contribution is 5.65. The summed E-state index contributed by atoms with van der Waals surface area (Å²) in [5.74, 6) is 1.82. The number of methoxy groups -OCH3 is 1. The molecule has 2 rings (SSSR count). The molecule has 1 aromatic carbocycles. The number of aromatic nitrogens is 1. The Bertz CT molecular complexity index is 569. The molecule has 0 saturated heterocycles. The number of hydrogen-bond donors (Lipinski definition) is 1. The van der Waals surface area contributed by atoms with E-state index in [-0.39, 0.29) is 6.04 Å². The fourth-order valence-corrected chi connectivity index (χ4v) is 2.20. The van der Waals surface area contributed by atoms with Crippen molar-refractivity contribution >= 4 is 11.5 Å². The number of pyridine rings is 1. The van der Waals surface area contributed by atoms with E-state index in [4.69, 9.17) is 4.74 Å². The maximum absolute atomic E-state index is 5.42. The smallest absolute Gasteiger partial charge is 0.151 e. The van der Waals surface area contributed by atoms with Crippen LogP contribution in [0.4, 0.5) is 11.5 Å². The lowest BCUT2D eigenvalue weighted by atomic mass is 10.1. The molecule has 1 aromatic heterocycles. The first kappa shape index (κ1) is 14.2. The van der Waals surface area contributed by atoms with Gasteiger partial charge in [0.1, 0.15) is 5.75 Å². The molecular weight excluding hydrogens is 250 g/mol. The molecule has 0 saturated carbocycles. The van der Waals surface area contributed by atoms with Gasteiger partial charge in [-0.15, -0.1) is 0 Å². The standard InChI is InChI=1S/C16H21N3O/c1-12(13-8-5-6-10-15(13)20-4)18-14-9-7-11-17-16(14)19(2)3/h5-12,18H,1-4H3. The number of hydrogen-bond acceptors (Lipinski definition) is 4. The van der Waals surface area contributed by atoms with Gasteiger partial charge in [-0.25, -0.2) is 4.98 Å². The third-order valence-corrected chi connectivity index (χ3v) is 3.19. The van der Waals surface area contributed by atoms with Crippen LogP contribution in [0.15, 0.2) is 42.6 Å². The van der Waals surface area contributed by atoms with E-state index in [1.54, 1.807) is 13.3 Å². The SMILES string of the molecule is COc1ccccc1C(C)Nc1cccnc1N(C)C. The third kappa shape index (κ3) is 3.02. The predicted octanol–water partition coefficient (Wildman–Crippen LogP) is 3.33. The average Bonchev–Trinajstić information content (AvgIpc) is 2.47. The van der Waals surface area contributed by atoms with Crippen molar-refractivity contribution in [1.82, 2.24) is 4.98 Å². The van der Waals surface area contributed by atoms with Crippen LogP contribution in [-0.4, -0.2) is 26.2 Å². The van der Waals surface area contributed by atoms with Gasteiger partial charge in [0.2, 0.25) is 0 Å². The van der Waals surface area contributed by atoms with Crippen LogP contribution < -0.4 is 15.0 Å². The van der Waals surface area contributed by atoms with Gasteiger partial charge >= 0.3 is 0 Å². The Morgan fingerprint density at radius 3 is 2.60 bits per heavy atom. The second kappa shape index (κ2) is 6.28. The van der Waals surface area contributed by atoms with E-state index < -0.39 is 0 Å². The normalized spacial score (nSPS) is 11.8. The second-order valence-corrected chi connectivity index (χ2v) is 4.88. The van der Waals surface area contributed by atoms with E-state index in [1.807, 2.05) is 49.3 Å². The lowest BCUT2D eigenvalue weighted by molar-refractivity contribution is 0.408. The molecule has 4 nitrogen and oxygen atoms in total. The Morgan fingerprint density at radius 2 is 1.90 bits per heavy atom. The van der Waals surface area contributed by atoms with Crippen molar-refractivity contribution in [3.8, 4) is 5.75 Å². The topological polar surface area (TPSA) is 37.4 Å². The minimum atomic E-state index is 0.133. The zero-order chi connectivity index (χ0) is 14.5. The number of ether oxygens (including phenoxy) is 1. The van der Waals surface area contributed by atoms with Gasteiger partial charge in [-0.2, -0.15) is 0 Å². The van der Waals surface area contributed by atoms with Gasteiger partial charge in [-0.1, -0.05) is 18.2 Å². The Hall–Kier alpha value is -2.23. The monoisotopic (exact) mass is 271 g/mol. The number of benzene rings is 1. The van der Waals surface area contributed by atoms with Gasteiger partial charge in [0.15, 0.2) is 5.82 Å².